The summed E-state index contributed by atoms with van der Waals surface area (Å²) >= 11 is 0.769. The largest absolute Gasteiger partial charge is 0.493 e. The summed E-state index contributed by atoms with van der Waals surface area (Å²) in [6, 6.07) is 9.61. The van der Waals surface area contributed by atoms with Gasteiger partial charge in [0.05, 0.1) is 30.2 Å². The lowest BCUT2D eigenvalue weighted by Gasteiger charge is -2.28. The predicted octanol–water partition coefficient (Wildman–Crippen LogP) is 3.81. The van der Waals surface area contributed by atoms with E-state index in [2.05, 4.69) is 6.58 Å². The summed E-state index contributed by atoms with van der Waals surface area (Å²) in [5.41, 5.74) is 1.88. The van der Waals surface area contributed by atoms with Crippen LogP contribution in [0.25, 0.3) is 6.08 Å². The Bertz CT molecular complexity index is 1340. The highest BCUT2D eigenvalue weighted by Crippen LogP contribution is 2.37. The van der Waals surface area contributed by atoms with E-state index in [4.69, 9.17) is 14.2 Å². The van der Waals surface area contributed by atoms with Crippen LogP contribution in [0.15, 0.2) is 54.0 Å². The van der Waals surface area contributed by atoms with Crippen molar-refractivity contribution in [2.24, 2.45) is 0 Å². The first-order valence-corrected chi connectivity index (χ1v) is 12.9. The smallest absolute Gasteiger partial charge is 0.294 e. The number of nitrogens with zero attached hydrogens (tertiary/aromatic N) is 3. The SMILES string of the molecule is C=CCc1cc(/C=C2/SC(=O)N(CC(=O)N3CCOCC3)C2=O)cc(OC)c1OCc1cccc([N+](=O)[O-])c1. The van der Waals surface area contributed by atoms with Crippen LogP contribution < -0.4 is 9.47 Å². The average molecular weight is 554 g/mol. The molecule has 2 aliphatic rings. The van der Waals surface area contributed by atoms with Crippen molar-refractivity contribution in [3.8, 4) is 11.5 Å². The van der Waals surface area contributed by atoms with E-state index < -0.39 is 16.1 Å². The molecule has 0 aromatic heterocycles. The summed E-state index contributed by atoms with van der Waals surface area (Å²) in [5.74, 6) is -0.0260. The first-order valence-electron chi connectivity index (χ1n) is 12.1. The summed E-state index contributed by atoms with van der Waals surface area (Å²) in [6.07, 6.45) is 3.67. The first kappa shape index (κ1) is 27.9. The molecule has 0 spiro atoms. The van der Waals surface area contributed by atoms with E-state index in [1.54, 1.807) is 41.3 Å². The van der Waals surface area contributed by atoms with E-state index in [1.165, 1.54) is 19.2 Å². The van der Waals surface area contributed by atoms with Gasteiger partial charge in [0.15, 0.2) is 11.5 Å². The van der Waals surface area contributed by atoms with Crippen molar-refractivity contribution >= 4 is 40.6 Å². The number of rotatable bonds is 10. The Hall–Kier alpha value is -4.16. The summed E-state index contributed by atoms with van der Waals surface area (Å²) < 4.78 is 16.8. The summed E-state index contributed by atoms with van der Waals surface area (Å²) in [4.78, 5) is 51.5. The van der Waals surface area contributed by atoms with Crippen LogP contribution in [0.3, 0.4) is 0 Å². The molecule has 0 aliphatic carbocycles. The molecule has 0 bridgehead atoms. The Morgan fingerprint density at radius 3 is 2.69 bits per heavy atom. The van der Waals surface area contributed by atoms with E-state index in [1.807, 2.05) is 0 Å². The number of amides is 3. The van der Waals surface area contributed by atoms with Crippen molar-refractivity contribution in [3.63, 3.8) is 0 Å². The molecule has 2 fully saturated rings. The minimum absolute atomic E-state index is 0.0367. The number of morpholine rings is 1. The third-order valence-corrected chi connectivity index (χ3v) is 6.98. The Balaban J connectivity index is 1.54. The minimum atomic E-state index is -0.540. The molecule has 2 aromatic carbocycles. The van der Waals surface area contributed by atoms with Crippen LogP contribution >= 0.6 is 11.8 Å². The Morgan fingerprint density at radius 2 is 2.00 bits per heavy atom. The number of hydrogen-bond donors (Lipinski definition) is 0. The van der Waals surface area contributed by atoms with Crippen LogP contribution in [0, 0.1) is 10.1 Å². The predicted molar refractivity (Wildman–Crippen MR) is 144 cm³/mol. The van der Waals surface area contributed by atoms with Crippen molar-refractivity contribution in [2.75, 3.05) is 40.0 Å². The number of allylic oxidation sites excluding steroid dienone is 1. The van der Waals surface area contributed by atoms with E-state index >= 15 is 0 Å². The highest BCUT2D eigenvalue weighted by Gasteiger charge is 2.37. The molecule has 4 rings (SSSR count). The molecule has 0 unspecified atom stereocenters. The summed E-state index contributed by atoms with van der Waals surface area (Å²) in [6.45, 7) is 5.23. The van der Waals surface area contributed by atoms with E-state index in [0.717, 1.165) is 16.7 Å². The van der Waals surface area contributed by atoms with Crippen molar-refractivity contribution in [1.82, 2.24) is 9.80 Å². The number of benzene rings is 2. The molecule has 11 nitrogen and oxygen atoms in total. The molecule has 39 heavy (non-hydrogen) atoms. The van der Waals surface area contributed by atoms with Crippen LogP contribution in [0.2, 0.25) is 0 Å². The number of ether oxygens (including phenoxy) is 3. The standard InChI is InChI=1S/C27H27N3O8S/c1-3-5-20-12-19(14-22(36-2)25(20)38-17-18-6-4-7-21(13-18)30(34)35)15-23-26(32)29(27(33)39-23)16-24(31)28-8-10-37-11-9-28/h3-4,6-7,12-15H,1,5,8-11,16-17H2,2H3/b23-15+. The topological polar surface area (TPSA) is 129 Å². The van der Waals surface area contributed by atoms with Crippen LogP contribution in [0.1, 0.15) is 16.7 Å². The molecule has 2 aliphatic heterocycles. The van der Waals surface area contributed by atoms with Crippen LogP contribution in [-0.2, 0) is 27.4 Å². The third kappa shape index (κ3) is 6.65. The van der Waals surface area contributed by atoms with E-state index in [-0.39, 0.29) is 29.7 Å². The molecule has 2 saturated heterocycles. The number of carbonyl (C=O) groups excluding carboxylic acids is 3. The van der Waals surface area contributed by atoms with Gasteiger partial charge in [-0.1, -0.05) is 18.2 Å². The van der Waals surface area contributed by atoms with Gasteiger partial charge in [0.1, 0.15) is 13.2 Å². The van der Waals surface area contributed by atoms with Crippen molar-refractivity contribution in [1.29, 1.82) is 0 Å². The van der Waals surface area contributed by atoms with Crippen molar-refractivity contribution < 1.29 is 33.5 Å². The molecular formula is C27H27N3O8S. The molecular weight excluding hydrogens is 526 g/mol. The second-order valence-electron chi connectivity index (χ2n) is 8.68. The van der Waals surface area contributed by atoms with Gasteiger partial charge in [-0.05, 0) is 47.5 Å². The fraction of sp³-hybridized carbons (Fsp3) is 0.296. The van der Waals surface area contributed by atoms with Gasteiger partial charge in [-0.15, -0.1) is 6.58 Å². The first-order chi connectivity index (χ1) is 18.8. The van der Waals surface area contributed by atoms with Gasteiger partial charge in [0, 0.05) is 30.8 Å². The van der Waals surface area contributed by atoms with Crippen LogP contribution in [-0.4, -0.2) is 71.7 Å². The minimum Gasteiger partial charge on any atom is -0.493 e. The summed E-state index contributed by atoms with van der Waals surface area (Å²) in [5, 5.41) is 10.6. The zero-order chi connectivity index (χ0) is 27.9. The number of carbonyl (C=O) groups is 3. The van der Waals surface area contributed by atoms with Gasteiger partial charge in [-0.2, -0.15) is 0 Å². The molecule has 2 heterocycles. The number of hydrogen-bond acceptors (Lipinski definition) is 9. The number of imide groups is 1. The second-order valence-corrected chi connectivity index (χ2v) is 9.67. The third-order valence-electron chi connectivity index (χ3n) is 6.07. The molecule has 2 aromatic rings. The number of nitro benzene ring substituents is 1. The van der Waals surface area contributed by atoms with Gasteiger partial charge in [-0.3, -0.25) is 29.4 Å². The zero-order valence-electron chi connectivity index (χ0n) is 21.3. The van der Waals surface area contributed by atoms with Crippen molar-refractivity contribution in [3.05, 3.63) is 80.8 Å². The maximum Gasteiger partial charge on any atom is 0.294 e. The molecule has 12 heteroatoms. The zero-order valence-corrected chi connectivity index (χ0v) is 22.1. The van der Waals surface area contributed by atoms with E-state index in [0.29, 0.717) is 60.9 Å². The normalized spacial score (nSPS) is 16.5. The number of non-ortho nitro benzene ring substituents is 1. The monoisotopic (exact) mass is 553 g/mol. The quantitative estimate of drug-likeness (QED) is 0.187. The molecule has 0 atom stereocenters. The lowest BCUT2D eigenvalue weighted by Crippen LogP contribution is -2.46. The number of methoxy groups -OCH3 is 1. The lowest BCUT2D eigenvalue weighted by molar-refractivity contribution is -0.384. The summed E-state index contributed by atoms with van der Waals surface area (Å²) in [7, 11) is 1.47. The van der Waals surface area contributed by atoms with Gasteiger partial charge < -0.3 is 19.1 Å². The molecule has 204 valence electrons. The molecule has 0 saturated carbocycles. The fourth-order valence-electron chi connectivity index (χ4n) is 4.14. The Morgan fingerprint density at radius 1 is 1.23 bits per heavy atom. The highest BCUT2D eigenvalue weighted by atomic mass is 32.2. The maximum absolute atomic E-state index is 13.0. The van der Waals surface area contributed by atoms with Crippen LogP contribution in [0.4, 0.5) is 10.5 Å². The van der Waals surface area contributed by atoms with Gasteiger partial charge in [0.25, 0.3) is 16.8 Å². The van der Waals surface area contributed by atoms with Crippen LogP contribution in [0.5, 0.6) is 11.5 Å². The van der Waals surface area contributed by atoms with Crippen molar-refractivity contribution in [2.45, 2.75) is 13.0 Å². The highest BCUT2D eigenvalue weighted by molar-refractivity contribution is 8.18. The average Bonchev–Trinajstić information content (AvgIpc) is 3.20. The second kappa shape index (κ2) is 12.6. The lowest BCUT2D eigenvalue weighted by atomic mass is 10.0. The fourth-order valence-corrected chi connectivity index (χ4v) is 4.98. The molecule has 0 N–H and O–H groups in total. The molecule has 3 amide bonds. The Kier molecular flexibility index (Phi) is 8.99. The Labute approximate surface area is 229 Å². The van der Waals surface area contributed by atoms with Gasteiger partial charge >= 0.3 is 0 Å². The number of nitro groups is 1. The molecule has 0 radical (unpaired) electrons. The maximum atomic E-state index is 13.0. The van der Waals surface area contributed by atoms with Gasteiger partial charge in [0.2, 0.25) is 5.91 Å². The van der Waals surface area contributed by atoms with Gasteiger partial charge in [-0.25, -0.2) is 0 Å². The number of thioether (sulfide) groups is 1. The van der Waals surface area contributed by atoms with E-state index in [9.17, 15) is 24.5 Å².